The van der Waals surface area contributed by atoms with E-state index in [9.17, 15) is 4.79 Å². The number of fused-ring (bicyclic) bond motifs is 3. The van der Waals surface area contributed by atoms with Crippen molar-refractivity contribution in [3.8, 4) is 0 Å². The zero-order valence-corrected chi connectivity index (χ0v) is 17.2. The highest BCUT2D eigenvalue weighted by Crippen LogP contribution is 2.46. The second-order valence-corrected chi connectivity index (χ2v) is 8.42. The quantitative estimate of drug-likeness (QED) is 0.548. The van der Waals surface area contributed by atoms with E-state index in [1.807, 2.05) is 60.7 Å². The number of anilines is 2. The van der Waals surface area contributed by atoms with E-state index in [1.54, 1.807) is 5.06 Å². The van der Waals surface area contributed by atoms with Crippen molar-refractivity contribution in [2.24, 2.45) is 0 Å². The van der Waals surface area contributed by atoms with E-state index < -0.39 is 6.04 Å². The second kappa shape index (κ2) is 7.22. The van der Waals surface area contributed by atoms with Crippen molar-refractivity contribution in [2.45, 2.75) is 24.5 Å². The molecule has 1 aliphatic carbocycles. The van der Waals surface area contributed by atoms with Gasteiger partial charge in [0.1, 0.15) is 6.04 Å². The van der Waals surface area contributed by atoms with Crippen LogP contribution in [0.3, 0.4) is 0 Å². The van der Waals surface area contributed by atoms with Gasteiger partial charge in [-0.25, -0.2) is 5.06 Å². The van der Waals surface area contributed by atoms with Gasteiger partial charge >= 0.3 is 0 Å². The number of para-hydroxylation sites is 1. The summed E-state index contributed by atoms with van der Waals surface area (Å²) < 4.78 is 1.13. The molecule has 0 spiro atoms. The van der Waals surface area contributed by atoms with Crippen LogP contribution in [0.4, 0.5) is 11.4 Å². The van der Waals surface area contributed by atoms with Crippen LogP contribution in [0.25, 0.3) is 0 Å². The minimum Gasteiger partial charge on any atom is -0.324 e. The van der Waals surface area contributed by atoms with E-state index in [0.29, 0.717) is 0 Å². The number of rotatable bonds is 3. The summed E-state index contributed by atoms with van der Waals surface area (Å²) in [6.45, 7) is 0. The van der Waals surface area contributed by atoms with Gasteiger partial charge in [0.2, 0.25) is 5.91 Å². The molecule has 0 saturated carbocycles. The number of nitrogens with zero attached hydrogens (tertiary/aromatic N) is 1. The monoisotopic (exact) mass is 482 g/mol. The highest BCUT2D eigenvalue weighted by molar-refractivity contribution is 14.1. The number of hydrogen-bond acceptors (Lipinski definition) is 3. The van der Waals surface area contributed by atoms with Gasteiger partial charge in [0, 0.05) is 21.6 Å². The van der Waals surface area contributed by atoms with Crippen LogP contribution in [0.2, 0.25) is 0 Å². The van der Waals surface area contributed by atoms with Crippen molar-refractivity contribution in [3.05, 3.63) is 93.6 Å². The van der Waals surface area contributed by atoms with Crippen molar-refractivity contribution in [1.82, 2.24) is 0 Å². The number of amides is 1. The minimum absolute atomic E-state index is 0.0141. The summed E-state index contributed by atoms with van der Waals surface area (Å²) in [5.74, 6) is -0.0329. The van der Waals surface area contributed by atoms with Gasteiger partial charge in [-0.05, 0) is 70.1 Å². The Labute approximate surface area is 177 Å². The molecular formula is C23H19IN2O2. The fraction of sp³-hybridized carbons (Fsp3) is 0.174. The van der Waals surface area contributed by atoms with Crippen LogP contribution in [0, 0.1) is 3.57 Å². The lowest BCUT2D eigenvalue weighted by atomic mass is 9.91. The molecule has 140 valence electrons. The lowest BCUT2D eigenvalue weighted by Gasteiger charge is -2.27. The van der Waals surface area contributed by atoms with E-state index in [2.05, 4.69) is 46.1 Å². The van der Waals surface area contributed by atoms with Gasteiger partial charge in [-0.15, -0.1) is 0 Å². The van der Waals surface area contributed by atoms with Gasteiger partial charge < -0.3 is 5.32 Å². The Kier molecular flexibility index (Phi) is 4.56. The van der Waals surface area contributed by atoms with Crippen molar-refractivity contribution in [1.29, 1.82) is 0 Å². The smallest absolute Gasteiger partial charge is 0.250 e. The van der Waals surface area contributed by atoms with Crippen LogP contribution in [-0.2, 0) is 16.1 Å². The molecule has 28 heavy (non-hydrogen) atoms. The number of carbonyl (C=O) groups excluding carboxylic acids is 1. The molecule has 4 nitrogen and oxygen atoms in total. The summed E-state index contributed by atoms with van der Waals surface area (Å²) >= 11 is 2.26. The first-order valence-corrected chi connectivity index (χ1v) is 10.4. The third kappa shape index (κ3) is 3.08. The van der Waals surface area contributed by atoms with Crippen LogP contribution >= 0.6 is 22.6 Å². The topological polar surface area (TPSA) is 41.6 Å². The highest BCUT2D eigenvalue weighted by Gasteiger charge is 2.52. The SMILES string of the molecule is O=C(Nc1ccc(I)cc1)[C@@H]1[C@H]2c3ccccc3C[C@@H]2ON1c1ccccc1. The maximum Gasteiger partial charge on any atom is 0.250 e. The molecule has 0 bridgehead atoms. The Balaban J connectivity index is 1.51. The summed E-state index contributed by atoms with van der Waals surface area (Å²) in [4.78, 5) is 19.7. The molecule has 3 aromatic carbocycles. The number of hydroxylamine groups is 1. The number of hydrogen-bond donors (Lipinski definition) is 1. The van der Waals surface area contributed by atoms with Crippen LogP contribution in [-0.4, -0.2) is 18.1 Å². The van der Waals surface area contributed by atoms with E-state index in [0.717, 1.165) is 21.4 Å². The largest absolute Gasteiger partial charge is 0.324 e. The molecule has 0 unspecified atom stereocenters. The third-order valence-corrected chi connectivity index (χ3v) is 6.19. The Morgan fingerprint density at radius 2 is 1.68 bits per heavy atom. The molecule has 2 aliphatic rings. The fourth-order valence-corrected chi connectivity index (χ4v) is 4.60. The summed E-state index contributed by atoms with van der Waals surface area (Å²) in [5, 5.41) is 4.89. The predicted molar refractivity (Wildman–Crippen MR) is 118 cm³/mol. The molecule has 1 fully saturated rings. The molecule has 3 atom stereocenters. The van der Waals surface area contributed by atoms with Crippen molar-refractivity contribution >= 4 is 39.9 Å². The Hall–Kier alpha value is -2.38. The molecule has 5 rings (SSSR count). The molecule has 1 N–H and O–H groups in total. The van der Waals surface area contributed by atoms with Gasteiger partial charge in [0.15, 0.2) is 0 Å². The lowest BCUT2D eigenvalue weighted by Crippen LogP contribution is -2.42. The molecule has 1 heterocycles. The molecular weight excluding hydrogens is 463 g/mol. The fourth-order valence-electron chi connectivity index (χ4n) is 4.24. The Bertz CT molecular complexity index is 1010. The van der Waals surface area contributed by atoms with Gasteiger partial charge in [-0.1, -0.05) is 42.5 Å². The maximum absolute atomic E-state index is 13.4. The maximum atomic E-state index is 13.4. The predicted octanol–water partition coefficient (Wildman–Crippen LogP) is 4.76. The summed E-state index contributed by atoms with van der Waals surface area (Å²) in [7, 11) is 0. The molecule has 1 saturated heterocycles. The standard InChI is InChI=1S/C23H19IN2O2/c24-16-10-12-17(13-11-16)25-23(27)22-21-19-9-5-4-6-15(19)14-20(21)28-26(22)18-7-2-1-3-8-18/h1-13,20-22H,14H2,(H,25,27)/t20-,21-,22-/m0/s1. The summed E-state index contributed by atoms with van der Waals surface area (Å²) in [6.07, 6.45) is 0.808. The number of benzene rings is 3. The van der Waals surface area contributed by atoms with Crippen molar-refractivity contribution in [2.75, 3.05) is 10.4 Å². The molecule has 0 radical (unpaired) electrons. The average molecular weight is 482 g/mol. The second-order valence-electron chi connectivity index (χ2n) is 7.17. The first kappa shape index (κ1) is 17.7. The molecule has 5 heteroatoms. The van der Waals surface area contributed by atoms with Gasteiger partial charge in [0.05, 0.1) is 11.8 Å². The number of carbonyl (C=O) groups is 1. The number of nitrogens with one attached hydrogen (secondary N) is 1. The average Bonchev–Trinajstić information content (AvgIpc) is 3.26. The van der Waals surface area contributed by atoms with Gasteiger partial charge in [-0.2, -0.15) is 0 Å². The zero-order valence-electron chi connectivity index (χ0n) is 15.1. The third-order valence-electron chi connectivity index (χ3n) is 5.47. The van der Waals surface area contributed by atoms with Crippen molar-refractivity contribution in [3.63, 3.8) is 0 Å². The summed E-state index contributed by atoms with van der Waals surface area (Å²) in [5.41, 5.74) is 4.19. The Morgan fingerprint density at radius 1 is 0.964 bits per heavy atom. The van der Waals surface area contributed by atoms with Gasteiger partial charge in [-0.3, -0.25) is 9.63 Å². The van der Waals surface area contributed by atoms with E-state index in [-0.39, 0.29) is 17.9 Å². The highest BCUT2D eigenvalue weighted by atomic mass is 127. The van der Waals surface area contributed by atoms with Crippen molar-refractivity contribution < 1.29 is 9.63 Å². The van der Waals surface area contributed by atoms with Crippen LogP contribution in [0.1, 0.15) is 17.0 Å². The first-order valence-electron chi connectivity index (χ1n) is 9.36. The number of halogens is 1. The normalized spacial score (nSPS) is 22.6. The lowest BCUT2D eigenvalue weighted by molar-refractivity contribution is -0.118. The summed E-state index contributed by atoms with van der Waals surface area (Å²) in [6, 6.07) is 25.7. The molecule has 3 aromatic rings. The first-order chi connectivity index (χ1) is 13.7. The Morgan fingerprint density at radius 3 is 2.46 bits per heavy atom. The van der Waals surface area contributed by atoms with Gasteiger partial charge in [0.25, 0.3) is 0 Å². The zero-order chi connectivity index (χ0) is 19.1. The van der Waals surface area contributed by atoms with E-state index >= 15 is 0 Å². The van der Waals surface area contributed by atoms with Crippen LogP contribution in [0.5, 0.6) is 0 Å². The van der Waals surface area contributed by atoms with E-state index in [1.165, 1.54) is 11.1 Å². The molecule has 0 aromatic heterocycles. The minimum atomic E-state index is -0.421. The van der Waals surface area contributed by atoms with Crippen LogP contribution in [0.15, 0.2) is 78.9 Å². The van der Waals surface area contributed by atoms with E-state index in [4.69, 9.17) is 4.84 Å². The van der Waals surface area contributed by atoms with Crippen LogP contribution < -0.4 is 10.4 Å². The molecule has 1 amide bonds. The molecule has 1 aliphatic heterocycles.